The van der Waals surface area contributed by atoms with Gasteiger partial charge in [0.1, 0.15) is 36.3 Å². The van der Waals surface area contributed by atoms with Gasteiger partial charge in [0.15, 0.2) is 47.4 Å². The van der Waals surface area contributed by atoms with Crippen LogP contribution in [0.5, 0.6) is 0 Å². The number of nitrogens with two attached hydrogens (primary N) is 2. The molecule has 0 bridgehead atoms. The third-order valence-electron chi connectivity index (χ3n) is 7.23. The lowest BCUT2D eigenvalue weighted by Crippen LogP contribution is -2.36. The van der Waals surface area contributed by atoms with Crippen LogP contribution in [0, 0.1) is 0 Å². The van der Waals surface area contributed by atoms with Crippen LogP contribution < -0.4 is 17.0 Å². The molecule has 4 aromatic heterocycles. The van der Waals surface area contributed by atoms with Crippen molar-refractivity contribution in [2.75, 3.05) is 24.7 Å². The fraction of sp³-hybridized carbons (Fsp3) is 0.500. The zero-order valence-corrected chi connectivity index (χ0v) is 25.8. The molecule has 5 N–H and O–H groups in total. The highest BCUT2D eigenvalue weighted by atomic mass is 32.7. The second kappa shape index (κ2) is 11.2. The fourth-order valence-electron chi connectivity index (χ4n) is 5.25. The maximum absolute atomic E-state index is 16.0. The molecule has 3 aliphatic heterocycles. The number of hydrogen-bond donors (Lipinski definition) is 5. The average Bonchev–Trinajstić information content (AvgIpc) is 3.72. The highest BCUT2D eigenvalue weighted by Crippen LogP contribution is 2.60. The number of H-pyrrole nitrogens is 1. The predicted molar refractivity (Wildman–Crippen MR) is 155 cm³/mol. The lowest BCUT2D eigenvalue weighted by atomic mass is 10.1. The lowest BCUT2D eigenvalue weighted by molar-refractivity contribution is -0.0544. The standard InChI is InChI=1S/C20H22F2N10O9P2S2/c21-8-12-6(38-18(8)31-4-27-10-14(23)25-3-26-15(10)31)1-36-43(35,45)41-13-7(2-37-42(34,44)40-12)39-19(9(13)22)32-5-28-11-16(32)29-20(24)30-17(11)33/h3-9,12-13,18-19H,1-2H2,(H,34,44)(H,35,45)(H2,23,25,26)(H3,24,29,30,33)/t6-,7-,8-,9-,12-,13-,18-,19-,42?,43-/m1/s1. The molecule has 0 aliphatic carbocycles. The maximum Gasteiger partial charge on any atom is 0.386 e. The molecule has 0 spiro atoms. The largest absolute Gasteiger partial charge is 0.386 e. The highest BCUT2D eigenvalue weighted by molar-refractivity contribution is 8.44. The minimum Gasteiger partial charge on any atom is -0.382 e. The molecule has 3 fully saturated rings. The van der Waals surface area contributed by atoms with Crippen LogP contribution in [0.3, 0.4) is 0 Å². The number of halogens is 2. The van der Waals surface area contributed by atoms with E-state index < -0.39 is 81.6 Å². The summed E-state index contributed by atoms with van der Waals surface area (Å²) in [6, 6.07) is 0. The van der Waals surface area contributed by atoms with E-state index in [-0.39, 0.29) is 34.1 Å². The van der Waals surface area contributed by atoms with Crippen molar-refractivity contribution in [2.45, 2.75) is 49.2 Å². The molecule has 7 heterocycles. The van der Waals surface area contributed by atoms with E-state index in [4.69, 9.17) is 39.0 Å². The third-order valence-corrected chi connectivity index (χ3v) is 10.5. The fourth-order valence-corrected chi connectivity index (χ4v) is 8.21. The number of nitrogens with one attached hydrogen (secondary N) is 1. The van der Waals surface area contributed by atoms with Crippen molar-refractivity contribution in [2.24, 2.45) is 0 Å². The van der Waals surface area contributed by atoms with Gasteiger partial charge in [-0.25, -0.2) is 37.8 Å². The summed E-state index contributed by atoms with van der Waals surface area (Å²) in [5, 5.41) is 0. The number of thiol groups is 2. The molecule has 3 aliphatic rings. The van der Waals surface area contributed by atoms with Crippen LogP contribution >= 0.6 is 38.1 Å². The number of imidazole rings is 2. The number of nitrogens with zero attached hydrogens (tertiary/aromatic N) is 7. The Morgan fingerprint density at radius 1 is 0.844 bits per heavy atom. The van der Waals surface area contributed by atoms with Gasteiger partial charge in [0.05, 0.1) is 25.9 Å². The number of ether oxygens (including phenoxy) is 2. The summed E-state index contributed by atoms with van der Waals surface area (Å²) in [5.74, 6) is -0.231. The molecular formula is C20H22F2N10O9P2S2. The number of nitrogen functional groups attached to an aromatic ring is 2. The zero-order chi connectivity index (χ0) is 31.8. The van der Waals surface area contributed by atoms with Gasteiger partial charge in [-0.3, -0.25) is 37.0 Å². The first-order valence-electron chi connectivity index (χ1n) is 12.9. The van der Waals surface area contributed by atoms with E-state index in [1.807, 2.05) is 0 Å². The monoisotopic (exact) mass is 710 g/mol. The van der Waals surface area contributed by atoms with Gasteiger partial charge in [-0.15, -0.1) is 0 Å². The molecule has 0 aromatic carbocycles. The van der Waals surface area contributed by atoms with Gasteiger partial charge >= 0.3 is 13.6 Å². The van der Waals surface area contributed by atoms with E-state index in [0.717, 1.165) is 17.2 Å². The molecule has 4 aromatic rings. The van der Waals surface area contributed by atoms with Crippen LogP contribution in [-0.2, 0) is 36.7 Å². The molecule has 1 unspecified atom stereocenters. The quantitative estimate of drug-likeness (QED) is 0.146. The highest BCUT2D eigenvalue weighted by Gasteiger charge is 2.54. The summed E-state index contributed by atoms with van der Waals surface area (Å²) in [7, 11) is 0. The molecule has 25 heteroatoms. The maximum atomic E-state index is 16.0. The van der Waals surface area contributed by atoms with Crippen molar-refractivity contribution in [1.29, 1.82) is 0 Å². The summed E-state index contributed by atoms with van der Waals surface area (Å²) in [6.45, 7) is -10.3. The Morgan fingerprint density at radius 2 is 1.38 bits per heavy atom. The van der Waals surface area contributed by atoms with Crippen molar-refractivity contribution in [3.05, 3.63) is 29.3 Å². The molecule has 10 atom stereocenters. The normalized spacial score (nSPS) is 37.7. The molecule has 3 saturated heterocycles. The molecule has 0 amide bonds. The Morgan fingerprint density at radius 3 is 1.96 bits per heavy atom. The van der Waals surface area contributed by atoms with Crippen molar-refractivity contribution in [3.63, 3.8) is 0 Å². The van der Waals surface area contributed by atoms with Gasteiger partial charge in [0.2, 0.25) is 5.95 Å². The van der Waals surface area contributed by atoms with Crippen LogP contribution in [0.2, 0.25) is 0 Å². The number of alkyl halides is 2. The van der Waals surface area contributed by atoms with Gasteiger partial charge in [-0.05, 0) is 0 Å². The minimum absolute atomic E-state index is 0.0381. The molecule has 0 radical (unpaired) electrons. The summed E-state index contributed by atoms with van der Waals surface area (Å²) in [5.41, 5.74) is 10.8. The van der Waals surface area contributed by atoms with Crippen LogP contribution in [0.25, 0.3) is 22.3 Å². The Bertz CT molecular complexity index is 1950. The van der Waals surface area contributed by atoms with Crippen molar-refractivity contribution in [1.82, 2.24) is 39.0 Å². The second-order valence-electron chi connectivity index (χ2n) is 10.0. The Labute approximate surface area is 259 Å². The number of hydrogen-bond acceptors (Lipinski definition) is 16. The summed E-state index contributed by atoms with van der Waals surface area (Å²) in [4.78, 5) is 34.4. The number of rotatable bonds is 2. The van der Waals surface area contributed by atoms with Crippen molar-refractivity contribution < 1.29 is 45.5 Å². The molecule has 7 rings (SSSR count). The van der Waals surface area contributed by atoms with E-state index in [9.17, 15) is 13.9 Å². The van der Waals surface area contributed by atoms with E-state index in [0.29, 0.717) is 0 Å². The van der Waals surface area contributed by atoms with Crippen LogP contribution in [-0.4, -0.2) is 89.0 Å². The third kappa shape index (κ3) is 5.53. The van der Waals surface area contributed by atoms with Gasteiger partial charge in [0.25, 0.3) is 5.56 Å². The molecule has 0 saturated carbocycles. The van der Waals surface area contributed by atoms with Gasteiger partial charge < -0.3 is 20.9 Å². The number of aromatic amines is 1. The topological polar surface area (TPSA) is 249 Å². The molecule has 45 heavy (non-hydrogen) atoms. The van der Waals surface area contributed by atoms with Gasteiger partial charge in [-0.1, -0.05) is 24.5 Å². The van der Waals surface area contributed by atoms with Crippen LogP contribution in [0.4, 0.5) is 20.5 Å². The predicted octanol–water partition coefficient (Wildman–Crippen LogP) is 1.49. The Kier molecular flexibility index (Phi) is 7.70. The molecule has 19 nitrogen and oxygen atoms in total. The van der Waals surface area contributed by atoms with Gasteiger partial charge in [-0.2, -0.15) is 4.98 Å². The van der Waals surface area contributed by atoms with E-state index in [2.05, 4.69) is 54.4 Å². The first kappa shape index (κ1) is 30.9. The van der Waals surface area contributed by atoms with Crippen molar-refractivity contribution in [3.8, 4) is 0 Å². The lowest BCUT2D eigenvalue weighted by Gasteiger charge is -2.28. The first-order valence-corrected chi connectivity index (χ1v) is 18.3. The van der Waals surface area contributed by atoms with Gasteiger partial charge in [0, 0.05) is 0 Å². The number of anilines is 2. The van der Waals surface area contributed by atoms with E-state index in [1.165, 1.54) is 10.9 Å². The molecule has 242 valence electrons. The van der Waals surface area contributed by atoms with E-state index in [1.54, 1.807) is 0 Å². The summed E-state index contributed by atoms with van der Waals surface area (Å²) in [6.07, 6.45) is -9.92. The molecular weight excluding hydrogens is 688 g/mol. The van der Waals surface area contributed by atoms with Crippen LogP contribution in [0.15, 0.2) is 23.8 Å². The summed E-state index contributed by atoms with van der Waals surface area (Å²) >= 11 is 7.94. The summed E-state index contributed by atoms with van der Waals surface area (Å²) < 4.78 is 94.2. The second-order valence-corrected chi connectivity index (χ2v) is 15.8. The Hall–Kier alpha value is -2.72. The number of fused-ring (bicyclic) bond motifs is 4. The first-order chi connectivity index (χ1) is 21.3. The Balaban J connectivity index is 1.17. The minimum atomic E-state index is -4.44. The zero-order valence-electron chi connectivity index (χ0n) is 22.3. The SMILES string of the molecule is Nc1nc2c(ncn2[C@@H]2O[C@@H]3COP(=O)(S)O[C@H]4[C@@H](F)[C@H](n5cnc6c(N)ncnc65)O[C@@H]4CO[P@@](=O)(S)O[C@H]3[C@H]2F)c(=O)[nH]1. The van der Waals surface area contributed by atoms with E-state index >= 15 is 8.78 Å². The average molecular weight is 711 g/mol. The van der Waals surface area contributed by atoms with Crippen LogP contribution in [0.1, 0.15) is 12.5 Å². The number of aromatic nitrogens is 8. The van der Waals surface area contributed by atoms with Crippen molar-refractivity contribution >= 4 is 72.2 Å². The smallest absolute Gasteiger partial charge is 0.382 e.